The number of carbonyl (C=O) groups is 2. The van der Waals surface area contributed by atoms with Crippen LogP contribution in [0.1, 0.15) is 24.3 Å². The lowest BCUT2D eigenvalue weighted by Crippen LogP contribution is -2.33. The zero-order valence-corrected chi connectivity index (χ0v) is 10.7. The van der Waals surface area contributed by atoms with Crippen molar-refractivity contribution in [3.8, 4) is 0 Å². The Hall–Kier alpha value is -1.43. The number of carboxylic acids is 1. The molecule has 0 saturated carbocycles. The minimum absolute atomic E-state index is 0.119. The highest BCUT2D eigenvalue weighted by Crippen LogP contribution is 2.41. The fourth-order valence-corrected chi connectivity index (χ4v) is 3.09. The molecule has 1 aromatic heterocycles. The number of rotatable bonds is 2. The molecule has 1 aromatic rings. The van der Waals surface area contributed by atoms with Crippen LogP contribution in [-0.2, 0) is 11.8 Å². The number of nitrogens with zero attached hydrogens (tertiary/aromatic N) is 1. The molecular formula is C11H14N2O3S. The van der Waals surface area contributed by atoms with Gasteiger partial charge in [0.15, 0.2) is 5.69 Å². The van der Waals surface area contributed by atoms with Crippen molar-refractivity contribution in [3.05, 3.63) is 11.9 Å². The first kappa shape index (κ1) is 12.0. The predicted octanol–water partition coefficient (Wildman–Crippen LogP) is 1.79. The van der Waals surface area contributed by atoms with E-state index in [1.165, 1.54) is 16.3 Å². The molecule has 6 heteroatoms. The maximum absolute atomic E-state index is 11.8. The normalized spacial score (nSPS) is 19.1. The molecule has 1 atom stereocenters. The molecule has 17 heavy (non-hydrogen) atoms. The molecule has 1 amide bonds. The lowest BCUT2D eigenvalue weighted by atomic mass is 10.1. The molecule has 0 fully saturated rings. The quantitative estimate of drug-likeness (QED) is 0.844. The number of aryl methyl sites for hydroxylation is 1. The second kappa shape index (κ2) is 4.10. The van der Waals surface area contributed by atoms with Gasteiger partial charge in [-0.3, -0.25) is 4.79 Å². The van der Waals surface area contributed by atoms with Gasteiger partial charge < -0.3 is 15.0 Å². The topological polar surface area (TPSA) is 71.3 Å². The van der Waals surface area contributed by atoms with E-state index in [2.05, 4.69) is 5.32 Å². The highest BCUT2D eigenvalue weighted by molar-refractivity contribution is 8.01. The number of amides is 1. The number of aromatic carboxylic acids is 1. The van der Waals surface area contributed by atoms with Crippen molar-refractivity contribution < 1.29 is 14.7 Å². The van der Waals surface area contributed by atoms with Crippen molar-refractivity contribution >= 4 is 29.3 Å². The summed E-state index contributed by atoms with van der Waals surface area (Å²) in [6.45, 7) is 3.95. The van der Waals surface area contributed by atoms with Crippen LogP contribution in [0.4, 0.5) is 5.69 Å². The zero-order valence-electron chi connectivity index (χ0n) is 9.85. The Morgan fingerprint density at radius 2 is 2.24 bits per heavy atom. The molecule has 5 nitrogen and oxygen atoms in total. The van der Waals surface area contributed by atoms with Crippen LogP contribution in [0.2, 0.25) is 0 Å². The van der Waals surface area contributed by atoms with Crippen LogP contribution in [0.5, 0.6) is 0 Å². The Bertz CT molecular complexity index is 493. The summed E-state index contributed by atoms with van der Waals surface area (Å²) >= 11 is 1.43. The van der Waals surface area contributed by atoms with Crippen molar-refractivity contribution in [2.45, 2.75) is 24.0 Å². The van der Waals surface area contributed by atoms with E-state index < -0.39 is 5.97 Å². The van der Waals surface area contributed by atoms with Crippen LogP contribution in [-0.4, -0.2) is 26.8 Å². The summed E-state index contributed by atoms with van der Waals surface area (Å²) in [6.07, 6.45) is 1.75. The van der Waals surface area contributed by atoms with Gasteiger partial charge in [0.1, 0.15) is 0 Å². The second-order valence-electron chi connectivity index (χ2n) is 4.40. The minimum atomic E-state index is -1.03. The van der Waals surface area contributed by atoms with Gasteiger partial charge >= 0.3 is 5.97 Å². The summed E-state index contributed by atoms with van der Waals surface area (Å²) in [7, 11) is 1.67. The monoisotopic (exact) mass is 254 g/mol. The average Bonchev–Trinajstić information content (AvgIpc) is 2.51. The van der Waals surface area contributed by atoms with E-state index in [-0.39, 0.29) is 22.8 Å². The first-order valence-corrected chi connectivity index (χ1v) is 6.20. The van der Waals surface area contributed by atoms with Gasteiger partial charge in [0, 0.05) is 13.2 Å². The lowest BCUT2D eigenvalue weighted by Gasteiger charge is -2.24. The van der Waals surface area contributed by atoms with Gasteiger partial charge in [-0.2, -0.15) is 0 Å². The number of aromatic nitrogens is 1. The maximum atomic E-state index is 11.8. The van der Waals surface area contributed by atoms with Gasteiger partial charge in [0.05, 0.1) is 15.8 Å². The van der Waals surface area contributed by atoms with E-state index in [4.69, 9.17) is 5.11 Å². The fraction of sp³-hybridized carbons (Fsp3) is 0.455. The van der Waals surface area contributed by atoms with E-state index >= 15 is 0 Å². The number of carbonyl (C=O) groups excluding carboxylic acids is 1. The Morgan fingerprint density at radius 1 is 1.59 bits per heavy atom. The molecule has 0 saturated heterocycles. The highest BCUT2D eigenvalue weighted by atomic mass is 32.2. The smallest absolute Gasteiger partial charge is 0.354 e. The molecule has 0 radical (unpaired) electrons. The number of thioether (sulfide) groups is 1. The average molecular weight is 254 g/mol. The SMILES string of the molecule is CC(C)C1Sc2cn(C)c(C(=O)O)c2NC1=O. The third-order valence-electron chi connectivity index (χ3n) is 2.72. The summed E-state index contributed by atoms with van der Waals surface area (Å²) in [5, 5.41) is 11.6. The van der Waals surface area contributed by atoms with E-state index in [9.17, 15) is 9.59 Å². The van der Waals surface area contributed by atoms with Crippen LogP contribution >= 0.6 is 11.8 Å². The third-order valence-corrected chi connectivity index (χ3v) is 4.29. The molecule has 0 spiro atoms. The minimum Gasteiger partial charge on any atom is -0.477 e. The van der Waals surface area contributed by atoms with E-state index in [1.807, 2.05) is 13.8 Å². The second-order valence-corrected chi connectivity index (χ2v) is 5.59. The fourth-order valence-electron chi connectivity index (χ4n) is 1.89. The zero-order chi connectivity index (χ0) is 12.7. The standard InChI is InChI=1S/C11H14N2O3S/c1-5(2)9-10(14)12-7-6(17-9)4-13(3)8(7)11(15)16/h4-5,9H,1-3H3,(H,12,14)(H,15,16). The Balaban J connectivity index is 2.45. The number of anilines is 1. The van der Waals surface area contributed by atoms with Gasteiger partial charge in [-0.05, 0) is 5.92 Å². The maximum Gasteiger partial charge on any atom is 0.354 e. The molecule has 92 valence electrons. The van der Waals surface area contributed by atoms with Gasteiger partial charge in [0.2, 0.25) is 5.91 Å². The first-order chi connectivity index (χ1) is 7.91. The molecule has 1 aliphatic rings. The predicted molar refractivity (Wildman–Crippen MR) is 65.5 cm³/mol. The van der Waals surface area contributed by atoms with Crippen molar-refractivity contribution in [1.82, 2.24) is 4.57 Å². The van der Waals surface area contributed by atoms with Crippen LogP contribution in [0.25, 0.3) is 0 Å². The van der Waals surface area contributed by atoms with E-state index in [1.54, 1.807) is 13.2 Å². The van der Waals surface area contributed by atoms with Gasteiger partial charge in [-0.25, -0.2) is 4.79 Å². The van der Waals surface area contributed by atoms with Gasteiger partial charge in [-0.15, -0.1) is 11.8 Å². The van der Waals surface area contributed by atoms with Crippen LogP contribution in [0, 0.1) is 5.92 Å². The largest absolute Gasteiger partial charge is 0.477 e. The van der Waals surface area contributed by atoms with Gasteiger partial charge in [-0.1, -0.05) is 13.8 Å². The Morgan fingerprint density at radius 3 is 2.76 bits per heavy atom. The van der Waals surface area contributed by atoms with Crippen molar-refractivity contribution in [2.75, 3.05) is 5.32 Å². The summed E-state index contributed by atoms with van der Waals surface area (Å²) < 4.78 is 1.53. The first-order valence-electron chi connectivity index (χ1n) is 5.32. The summed E-state index contributed by atoms with van der Waals surface area (Å²) in [5.41, 5.74) is 0.551. The molecule has 2 rings (SSSR count). The summed E-state index contributed by atoms with van der Waals surface area (Å²) in [6, 6.07) is 0. The van der Waals surface area contributed by atoms with E-state index in [0.29, 0.717) is 5.69 Å². The number of hydrogen-bond donors (Lipinski definition) is 2. The number of hydrogen-bond acceptors (Lipinski definition) is 3. The van der Waals surface area contributed by atoms with E-state index in [0.717, 1.165) is 4.90 Å². The van der Waals surface area contributed by atoms with Crippen LogP contribution < -0.4 is 5.32 Å². The molecule has 1 aliphatic heterocycles. The van der Waals surface area contributed by atoms with Gasteiger partial charge in [0.25, 0.3) is 0 Å². The Kier molecular flexibility index (Phi) is 2.91. The molecule has 1 unspecified atom stereocenters. The van der Waals surface area contributed by atoms with Crippen molar-refractivity contribution in [1.29, 1.82) is 0 Å². The Labute approximate surface area is 103 Å². The molecule has 2 heterocycles. The lowest BCUT2D eigenvalue weighted by molar-refractivity contribution is -0.116. The van der Waals surface area contributed by atoms with Crippen LogP contribution in [0.3, 0.4) is 0 Å². The summed E-state index contributed by atoms with van der Waals surface area (Å²) in [4.78, 5) is 23.8. The molecule has 0 bridgehead atoms. The molecule has 2 N–H and O–H groups in total. The molecule has 0 aliphatic carbocycles. The third kappa shape index (κ3) is 1.93. The number of fused-ring (bicyclic) bond motifs is 1. The molecular weight excluding hydrogens is 240 g/mol. The van der Waals surface area contributed by atoms with Crippen LogP contribution in [0.15, 0.2) is 11.1 Å². The number of carboxylic acid groups (broad SMARTS) is 1. The number of nitrogens with one attached hydrogen (secondary N) is 1. The summed E-state index contributed by atoms with van der Waals surface area (Å²) in [5.74, 6) is -0.939. The van der Waals surface area contributed by atoms with Crippen molar-refractivity contribution in [2.24, 2.45) is 13.0 Å². The highest BCUT2D eigenvalue weighted by Gasteiger charge is 2.33. The van der Waals surface area contributed by atoms with Crippen molar-refractivity contribution in [3.63, 3.8) is 0 Å². The molecule has 0 aromatic carbocycles.